The second-order valence-electron chi connectivity index (χ2n) is 7.21. The molecule has 2 aromatic rings. The van der Waals surface area contributed by atoms with Crippen molar-refractivity contribution in [1.29, 1.82) is 0 Å². The van der Waals surface area contributed by atoms with Gasteiger partial charge in [-0.1, -0.05) is 48.5 Å². The molecule has 0 bridgehead atoms. The van der Waals surface area contributed by atoms with Gasteiger partial charge in [-0.15, -0.1) is 0 Å². The van der Waals surface area contributed by atoms with E-state index in [-0.39, 0.29) is 6.10 Å². The lowest BCUT2D eigenvalue weighted by Gasteiger charge is -2.24. The summed E-state index contributed by atoms with van der Waals surface area (Å²) in [7, 11) is 2.24. The molecule has 2 heteroatoms. The Balaban J connectivity index is 1.56. The highest BCUT2D eigenvalue weighted by Gasteiger charge is 2.25. The highest BCUT2D eigenvalue weighted by Crippen LogP contribution is 2.35. The van der Waals surface area contributed by atoms with E-state index in [2.05, 4.69) is 60.5 Å². The van der Waals surface area contributed by atoms with E-state index in [9.17, 15) is 0 Å². The van der Waals surface area contributed by atoms with Crippen LogP contribution in [0.4, 0.5) is 0 Å². The molecule has 1 saturated heterocycles. The van der Waals surface area contributed by atoms with Crippen LogP contribution in [0.3, 0.4) is 0 Å². The molecule has 2 nitrogen and oxygen atoms in total. The van der Waals surface area contributed by atoms with Gasteiger partial charge in [-0.3, -0.25) is 0 Å². The van der Waals surface area contributed by atoms with Gasteiger partial charge < -0.3 is 9.64 Å². The van der Waals surface area contributed by atoms with E-state index in [0.717, 1.165) is 25.9 Å². The van der Waals surface area contributed by atoms with E-state index < -0.39 is 0 Å². The average molecular weight is 321 g/mol. The average Bonchev–Trinajstić information content (AvgIpc) is 2.95. The highest BCUT2D eigenvalue weighted by atomic mass is 16.5. The van der Waals surface area contributed by atoms with E-state index in [1.807, 2.05) is 0 Å². The molecule has 1 aliphatic heterocycles. The third-order valence-corrected chi connectivity index (χ3v) is 5.75. The highest BCUT2D eigenvalue weighted by molar-refractivity contribution is 5.43. The number of hydrogen-bond donors (Lipinski definition) is 0. The van der Waals surface area contributed by atoms with Crippen LogP contribution in [-0.2, 0) is 17.6 Å². The van der Waals surface area contributed by atoms with Crippen LogP contribution in [0.15, 0.2) is 48.5 Å². The van der Waals surface area contributed by atoms with Crippen molar-refractivity contribution in [2.24, 2.45) is 0 Å². The van der Waals surface area contributed by atoms with Crippen LogP contribution in [0.1, 0.15) is 47.6 Å². The number of aryl methyl sites for hydroxylation is 2. The van der Waals surface area contributed by atoms with Gasteiger partial charge in [-0.2, -0.15) is 0 Å². The van der Waals surface area contributed by atoms with Crippen LogP contribution in [0, 0.1) is 0 Å². The standard InChI is InChI=1S/C22H27NO/c1-23-15-6-9-19(23)14-16-24-22-20-10-4-2-7-17(20)12-13-18-8-3-5-11-21(18)22/h2-5,7-8,10-11,19,22H,6,9,12-16H2,1H3/t19-/m1/s1. The Morgan fingerprint density at radius 2 is 1.58 bits per heavy atom. The van der Waals surface area contributed by atoms with Crippen molar-refractivity contribution in [2.45, 2.75) is 44.2 Å². The number of nitrogens with zero attached hydrogens (tertiary/aromatic N) is 1. The lowest BCUT2D eigenvalue weighted by Crippen LogP contribution is -2.26. The first-order valence-corrected chi connectivity index (χ1v) is 9.30. The second kappa shape index (κ2) is 7.08. The van der Waals surface area contributed by atoms with Gasteiger partial charge in [0.1, 0.15) is 6.10 Å². The van der Waals surface area contributed by atoms with E-state index in [0.29, 0.717) is 6.04 Å². The Morgan fingerprint density at radius 3 is 2.17 bits per heavy atom. The number of rotatable bonds is 4. The Morgan fingerprint density at radius 1 is 0.958 bits per heavy atom. The first-order valence-electron chi connectivity index (χ1n) is 9.30. The summed E-state index contributed by atoms with van der Waals surface area (Å²) in [6.07, 6.45) is 6.09. The quantitative estimate of drug-likeness (QED) is 0.829. The van der Waals surface area contributed by atoms with Gasteiger partial charge in [0.25, 0.3) is 0 Å². The van der Waals surface area contributed by atoms with Crippen LogP contribution in [0.5, 0.6) is 0 Å². The topological polar surface area (TPSA) is 12.5 Å². The Bertz CT molecular complexity index is 648. The van der Waals surface area contributed by atoms with E-state index >= 15 is 0 Å². The molecule has 0 spiro atoms. The fraction of sp³-hybridized carbons (Fsp3) is 0.455. The van der Waals surface area contributed by atoms with E-state index in [1.54, 1.807) is 0 Å². The third-order valence-electron chi connectivity index (χ3n) is 5.75. The number of hydrogen-bond acceptors (Lipinski definition) is 2. The second-order valence-corrected chi connectivity index (χ2v) is 7.21. The van der Waals surface area contributed by atoms with Gasteiger partial charge >= 0.3 is 0 Å². The molecule has 4 rings (SSSR count). The molecule has 24 heavy (non-hydrogen) atoms. The Hall–Kier alpha value is -1.64. The largest absolute Gasteiger partial charge is 0.369 e. The number of fused-ring (bicyclic) bond motifs is 2. The number of likely N-dealkylation sites (tertiary alicyclic amines) is 1. The molecule has 1 atom stereocenters. The summed E-state index contributed by atoms with van der Waals surface area (Å²) in [4.78, 5) is 2.48. The zero-order valence-electron chi connectivity index (χ0n) is 14.6. The molecule has 0 aromatic heterocycles. The summed E-state index contributed by atoms with van der Waals surface area (Å²) in [5, 5.41) is 0. The smallest absolute Gasteiger partial charge is 0.108 e. The van der Waals surface area contributed by atoms with E-state index in [4.69, 9.17) is 4.74 Å². The summed E-state index contributed by atoms with van der Waals surface area (Å²) in [6, 6.07) is 18.3. The van der Waals surface area contributed by atoms with Gasteiger partial charge in [-0.05, 0) is 68.0 Å². The Kier molecular flexibility index (Phi) is 4.68. The summed E-state index contributed by atoms with van der Waals surface area (Å²) in [5.41, 5.74) is 5.61. The van der Waals surface area contributed by atoms with Crippen molar-refractivity contribution in [3.05, 3.63) is 70.8 Å². The van der Waals surface area contributed by atoms with Crippen molar-refractivity contribution < 1.29 is 4.74 Å². The summed E-state index contributed by atoms with van der Waals surface area (Å²) < 4.78 is 6.50. The molecular formula is C22H27NO. The lowest BCUT2D eigenvalue weighted by atomic mass is 9.97. The van der Waals surface area contributed by atoms with Crippen LogP contribution < -0.4 is 0 Å². The summed E-state index contributed by atoms with van der Waals surface area (Å²) >= 11 is 0. The third kappa shape index (κ3) is 3.13. The maximum Gasteiger partial charge on any atom is 0.108 e. The molecule has 1 fully saturated rings. The molecule has 0 N–H and O–H groups in total. The lowest BCUT2D eigenvalue weighted by molar-refractivity contribution is 0.0657. The summed E-state index contributed by atoms with van der Waals surface area (Å²) in [6.45, 7) is 2.07. The molecule has 0 radical (unpaired) electrons. The molecular weight excluding hydrogens is 294 g/mol. The van der Waals surface area contributed by atoms with Crippen LogP contribution in [-0.4, -0.2) is 31.1 Å². The van der Waals surface area contributed by atoms with Gasteiger partial charge in [0.05, 0.1) is 0 Å². The Labute approximate surface area is 145 Å². The maximum absolute atomic E-state index is 6.50. The fourth-order valence-electron chi connectivity index (χ4n) is 4.32. The maximum atomic E-state index is 6.50. The predicted octanol–water partition coefficient (Wildman–Crippen LogP) is 4.38. The van der Waals surface area contributed by atoms with Crippen molar-refractivity contribution in [2.75, 3.05) is 20.2 Å². The first-order chi connectivity index (χ1) is 11.8. The molecule has 0 saturated carbocycles. The van der Waals surface area contributed by atoms with Gasteiger partial charge in [0.2, 0.25) is 0 Å². The summed E-state index contributed by atoms with van der Waals surface area (Å²) in [5.74, 6) is 0. The van der Waals surface area contributed by atoms with Gasteiger partial charge in [0, 0.05) is 12.6 Å². The minimum Gasteiger partial charge on any atom is -0.369 e. The van der Waals surface area contributed by atoms with Gasteiger partial charge in [0.15, 0.2) is 0 Å². The predicted molar refractivity (Wildman–Crippen MR) is 98.4 cm³/mol. The van der Waals surface area contributed by atoms with Crippen molar-refractivity contribution in [3.63, 3.8) is 0 Å². The molecule has 1 aliphatic carbocycles. The SMILES string of the molecule is CN1CCC[C@@H]1CCOC1c2ccccc2CCc2ccccc21. The molecule has 126 valence electrons. The van der Waals surface area contributed by atoms with Crippen LogP contribution in [0.25, 0.3) is 0 Å². The fourth-order valence-corrected chi connectivity index (χ4v) is 4.32. The molecule has 0 amide bonds. The van der Waals surface area contributed by atoms with Crippen LogP contribution >= 0.6 is 0 Å². The zero-order valence-corrected chi connectivity index (χ0v) is 14.6. The minimum atomic E-state index is 0.0895. The number of ether oxygens (including phenoxy) is 1. The van der Waals surface area contributed by atoms with Crippen molar-refractivity contribution in [3.8, 4) is 0 Å². The van der Waals surface area contributed by atoms with E-state index in [1.165, 1.54) is 41.6 Å². The normalized spacial score (nSPS) is 21.3. The first kappa shape index (κ1) is 15.9. The monoisotopic (exact) mass is 321 g/mol. The number of benzene rings is 2. The molecule has 1 heterocycles. The molecule has 0 unspecified atom stereocenters. The van der Waals surface area contributed by atoms with Crippen molar-refractivity contribution in [1.82, 2.24) is 4.90 Å². The minimum absolute atomic E-state index is 0.0895. The van der Waals surface area contributed by atoms with Crippen LogP contribution in [0.2, 0.25) is 0 Å². The van der Waals surface area contributed by atoms with Gasteiger partial charge in [-0.25, -0.2) is 0 Å². The zero-order chi connectivity index (χ0) is 16.4. The molecule has 2 aromatic carbocycles. The molecule has 2 aliphatic rings. The van der Waals surface area contributed by atoms with Crippen molar-refractivity contribution >= 4 is 0 Å².